The van der Waals surface area contributed by atoms with Gasteiger partial charge in [-0.2, -0.15) is 13.2 Å². The van der Waals surface area contributed by atoms with Crippen LogP contribution in [-0.4, -0.2) is 104 Å². The quantitative estimate of drug-likeness (QED) is 0.0576. The molecule has 1 unspecified atom stereocenters. The van der Waals surface area contributed by atoms with Gasteiger partial charge in [-0.1, -0.05) is 18.7 Å². The number of fused-ring (bicyclic) bond motifs is 2. The Kier molecular flexibility index (Phi) is 13.3. The van der Waals surface area contributed by atoms with Gasteiger partial charge in [0.1, 0.15) is 24.2 Å². The summed E-state index contributed by atoms with van der Waals surface area (Å²) in [7, 11) is 1.87. The first-order valence-corrected chi connectivity index (χ1v) is 19.6. The lowest BCUT2D eigenvalue weighted by Crippen LogP contribution is -2.51. The fraction of sp³-hybridized carbons (Fsp3) is 0.295. The van der Waals surface area contributed by atoms with Crippen molar-refractivity contribution in [2.75, 3.05) is 70.1 Å². The molecule has 0 bridgehead atoms. The molecule has 0 spiro atoms. The van der Waals surface area contributed by atoms with Crippen molar-refractivity contribution < 1.29 is 55.7 Å². The summed E-state index contributed by atoms with van der Waals surface area (Å²) in [6, 6.07) is 19.0. The second kappa shape index (κ2) is 19.0. The molecule has 5 aromatic rings. The third-order valence-electron chi connectivity index (χ3n) is 10.2. The number of ether oxygens (including phenoxy) is 4. The molecule has 4 amide bonds. The van der Waals surface area contributed by atoms with E-state index in [9.17, 15) is 36.7 Å². The van der Waals surface area contributed by atoms with Gasteiger partial charge in [0.15, 0.2) is 0 Å². The number of imide groups is 1. The zero-order chi connectivity index (χ0) is 44.0. The summed E-state index contributed by atoms with van der Waals surface area (Å²) in [5, 5.41) is 5.21. The largest absolute Gasteiger partial charge is 0.491 e. The number of amides is 4. The monoisotopic (exact) mass is 858 g/mol. The number of carbonyl (C=O) groups excluding carboxylic acids is 4. The lowest BCUT2D eigenvalue weighted by atomic mass is 10.0. The highest BCUT2D eigenvalue weighted by atomic mass is 19.4. The Morgan fingerprint density at radius 2 is 1.58 bits per heavy atom. The van der Waals surface area contributed by atoms with Gasteiger partial charge in [-0.3, -0.25) is 34.0 Å². The minimum absolute atomic E-state index is 0.00320. The van der Waals surface area contributed by atoms with Crippen LogP contribution in [-0.2, 0) is 25.2 Å². The Morgan fingerprint density at radius 1 is 0.871 bits per heavy atom. The second-order valence-corrected chi connectivity index (χ2v) is 14.4. The van der Waals surface area contributed by atoms with Crippen molar-refractivity contribution in [3.8, 4) is 11.4 Å². The number of halogens is 4. The molecule has 4 aromatic carbocycles. The topological polar surface area (TPSA) is 154 Å². The average molecular weight is 859 g/mol. The van der Waals surface area contributed by atoms with E-state index in [4.69, 9.17) is 18.9 Å². The van der Waals surface area contributed by atoms with Crippen molar-refractivity contribution in [2.45, 2.75) is 25.1 Å². The molecule has 62 heavy (non-hydrogen) atoms. The van der Waals surface area contributed by atoms with Crippen molar-refractivity contribution >= 4 is 46.3 Å². The van der Waals surface area contributed by atoms with Crippen LogP contribution in [0, 0.1) is 5.82 Å². The van der Waals surface area contributed by atoms with Gasteiger partial charge in [0.25, 0.3) is 17.7 Å². The lowest BCUT2D eigenvalue weighted by molar-refractivity contribution is -0.137. The van der Waals surface area contributed by atoms with E-state index in [0.29, 0.717) is 75.1 Å². The number of imidazole rings is 1. The van der Waals surface area contributed by atoms with Crippen LogP contribution in [0.3, 0.4) is 0 Å². The molecular weight excluding hydrogens is 817 g/mol. The van der Waals surface area contributed by atoms with Gasteiger partial charge in [0, 0.05) is 36.6 Å². The van der Waals surface area contributed by atoms with Crippen molar-refractivity contribution in [1.82, 2.24) is 19.8 Å². The van der Waals surface area contributed by atoms with Gasteiger partial charge in [-0.15, -0.1) is 0 Å². The van der Waals surface area contributed by atoms with Gasteiger partial charge in [-0.05, 0) is 79.6 Å². The van der Waals surface area contributed by atoms with Gasteiger partial charge in [0.05, 0.1) is 73.1 Å². The molecule has 18 heteroatoms. The maximum atomic E-state index is 14.2. The Hall–Kier alpha value is -6.63. The third-order valence-corrected chi connectivity index (χ3v) is 10.2. The smallest absolute Gasteiger partial charge is 0.416 e. The van der Waals surface area contributed by atoms with Crippen LogP contribution in [0.15, 0.2) is 97.2 Å². The number of benzene rings is 4. The standard InChI is InChI=1S/C44H42F4N6O8/c1-27-9-13-38(40(56)49-27)54-41(57)34-12-11-33(26-35(34)42(54)58)62-22-21-61-20-19-60-18-17-59-16-15-52(2)31-7-4-8-32(25-31)53-37-14-10-30(45)24-36(37)50-43(53)51-39(55)28-5-3-6-29(23-28)44(46,47)48/h3-8,10-12,14,23-26,38H,1,9,13,15-22H2,2H3,(H,49,56)(H,50,51,55). The number of likely N-dealkylation sites (N-methyl/N-ethyl adjacent to an activating group) is 1. The van der Waals surface area contributed by atoms with Crippen LogP contribution in [0.4, 0.5) is 29.2 Å². The molecule has 0 radical (unpaired) electrons. The van der Waals surface area contributed by atoms with E-state index in [1.54, 1.807) is 22.8 Å². The molecule has 3 heterocycles. The number of hydrogen-bond acceptors (Lipinski definition) is 10. The van der Waals surface area contributed by atoms with Gasteiger partial charge >= 0.3 is 6.18 Å². The average Bonchev–Trinajstić information content (AvgIpc) is 3.72. The summed E-state index contributed by atoms with van der Waals surface area (Å²) in [5.74, 6) is -2.46. The minimum atomic E-state index is -4.63. The second-order valence-electron chi connectivity index (χ2n) is 14.4. The number of nitrogens with zero attached hydrogens (tertiary/aromatic N) is 4. The van der Waals surface area contributed by atoms with E-state index < -0.39 is 47.2 Å². The van der Waals surface area contributed by atoms with E-state index in [1.807, 2.05) is 24.1 Å². The molecule has 2 aliphatic heterocycles. The summed E-state index contributed by atoms with van der Waals surface area (Å²) < 4.78 is 78.4. The molecule has 7 rings (SSSR count). The van der Waals surface area contributed by atoms with Crippen LogP contribution < -0.4 is 20.3 Å². The number of nitrogens with one attached hydrogen (secondary N) is 2. The molecule has 0 aliphatic carbocycles. The number of piperidine rings is 1. The fourth-order valence-electron chi connectivity index (χ4n) is 6.99. The van der Waals surface area contributed by atoms with Crippen LogP contribution in [0.1, 0.15) is 49.5 Å². The maximum Gasteiger partial charge on any atom is 0.416 e. The number of allylic oxidation sites excluding steroid dienone is 1. The molecule has 0 saturated carbocycles. The summed E-state index contributed by atoms with van der Waals surface area (Å²) in [6.07, 6.45) is -3.84. The molecule has 1 atom stereocenters. The first kappa shape index (κ1) is 43.5. The Morgan fingerprint density at radius 3 is 2.32 bits per heavy atom. The van der Waals surface area contributed by atoms with Crippen LogP contribution in [0.5, 0.6) is 5.75 Å². The molecule has 1 saturated heterocycles. The summed E-state index contributed by atoms with van der Waals surface area (Å²) in [5.41, 5.74) is 1.82. The number of alkyl halides is 3. The van der Waals surface area contributed by atoms with Crippen molar-refractivity contribution in [3.63, 3.8) is 0 Å². The van der Waals surface area contributed by atoms with E-state index in [2.05, 4.69) is 22.2 Å². The first-order chi connectivity index (χ1) is 29.8. The Bertz CT molecular complexity index is 2510. The van der Waals surface area contributed by atoms with Crippen molar-refractivity contribution in [3.05, 3.63) is 125 Å². The molecule has 1 aromatic heterocycles. The maximum absolute atomic E-state index is 14.2. The summed E-state index contributed by atoms with van der Waals surface area (Å²) in [4.78, 5) is 58.9. The number of carbonyl (C=O) groups is 4. The molecule has 2 N–H and O–H groups in total. The van der Waals surface area contributed by atoms with E-state index in [1.165, 1.54) is 36.4 Å². The highest BCUT2D eigenvalue weighted by Crippen LogP contribution is 2.33. The minimum Gasteiger partial charge on any atom is -0.491 e. The predicted molar refractivity (Wildman–Crippen MR) is 219 cm³/mol. The van der Waals surface area contributed by atoms with E-state index >= 15 is 0 Å². The highest BCUT2D eigenvalue weighted by molar-refractivity contribution is 6.23. The van der Waals surface area contributed by atoms with E-state index in [0.717, 1.165) is 28.8 Å². The molecular formula is C44H42F4N6O8. The third kappa shape index (κ3) is 9.94. The predicted octanol–water partition coefficient (Wildman–Crippen LogP) is 6.39. The zero-order valence-electron chi connectivity index (χ0n) is 33.5. The van der Waals surface area contributed by atoms with Crippen LogP contribution in [0.2, 0.25) is 0 Å². The molecule has 1 fully saturated rings. The number of hydrogen-bond donors (Lipinski definition) is 2. The van der Waals surface area contributed by atoms with Gasteiger partial charge < -0.3 is 29.2 Å². The Labute approximate surface area is 353 Å². The number of aromatic nitrogens is 2. The number of anilines is 2. The number of rotatable bonds is 18. The highest BCUT2D eigenvalue weighted by Gasteiger charge is 2.44. The SMILES string of the molecule is C=C1CCC(N2C(=O)c3ccc(OCCOCCOCCOCCN(C)c4cccc(-n5c(NC(=O)c6cccc(C(F)(F)F)c6)nc6cc(F)ccc65)c4)cc3C2=O)C(=O)N1. The summed E-state index contributed by atoms with van der Waals surface area (Å²) in [6.45, 7) is 6.35. The Balaban J connectivity index is 0.819. The van der Waals surface area contributed by atoms with Gasteiger partial charge in [-0.25, -0.2) is 9.37 Å². The molecule has 2 aliphatic rings. The normalized spacial score (nSPS) is 15.2. The lowest BCUT2D eigenvalue weighted by Gasteiger charge is -2.29. The molecule has 324 valence electrons. The molecule has 14 nitrogen and oxygen atoms in total. The zero-order valence-corrected chi connectivity index (χ0v) is 33.5. The fourth-order valence-corrected chi connectivity index (χ4v) is 6.99. The van der Waals surface area contributed by atoms with Crippen molar-refractivity contribution in [1.29, 1.82) is 0 Å². The summed E-state index contributed by atoms with van der Waals surface area (Å²) >= 11 is 0. The van der Waals surface area contributed by atoms with Crippen molar-refractivity contribution in [2.24, 2.45) is 0 Å². The first-order valence-electron chi connectivity index (χ1n) is 19.6. The van der Waals surface area contributed by atoms with Gasteiger partial charge in [0.2, 0.25) is 11.9 Å². The van der Waals surface area contributed by atoms with Crippen LogP contribution in [0.25, 0.3) is 16.7 Å². The van der Waals surface area contributed by atoms with Crippen LogP contribution >= 0.6 is 0 Å². The van der Waals surface area contributed by atoms with E-state index in [-0.39, 0.29) is 41.4 Å².